The van der Waals surface area contributed by atoms with Gasteiger partial charge in [-0.2, -0.15) is 0 Å². The molecule has 3 rings (SSSR count). The Morgan fingerprint density at radius 2 is 1.67 bits per heavy atom. The zero-order valence-corrected chi connectivity index (χ0v) is 15.4. The Kier molecular flexibility index (Phi) is 5.56. The molecule has 1 amide bonds. The molecule has 0 saturated carbocycles. The molecule has 0 aliphatic carbocycles. The fraction of sp³-hybridized carbons (Fsp3) is 0.143. The van der Waals surface area contributed by atoms with E-state index < -0.39 is 0 Å². The molecular weight excluding hydrogens is 342 g/mol. The first-order chi connectivity index (χ1) is 13.1. The summed E-state index contributed by atoms with van der Waals surface area (Å²) in [6.45, 7) is 2.00. The van der Waals surface area contributed by atoms with Crippen molar-refractivity contribution in [1.29, 1.82) is 0 Å². The Labute approximate surface area is 158 Å². The predicted octanol–water partition coefficient (Wildman–Crippen LogP) is 4.40. The number of para-hydroxylation sites is 2. The third kappa shape index (κ3) is 4.36. The molecule has 1 heterocycles. The molecule has 0 aliphatic heterocycles. The van der Waals surface area contributed by atoms with Crippen molar-refractivity contribution < 1.29 is 14.3 Å². The first-order valence-electron chi connectivity index (χ1n) is 8.43. The van der Waals surface area contributed by atoms with Gasteiger partial charge in [0.1, 0.15) is 17.3 Å². The van der Waals surface area contributed by atoms with E-state index in [1.165, 1.54) is 6.20 Å². The lowest BCUT2D eigenvalue weighted by atomic mass is 10.2. The van der Waals surface area contributed by atoms with E-state index in [1.807, 2.05) is 37.3 Å². The lowest BCUT2D eigenvalue weighted by Gasteiger charge is -2.12. The van der Waals surface area contributed by atoms with Gasteiger partial charge in [0.05, 0.1) is 31.2 Å². The van der Waals surface area contributed by atoms with Crippen molar-refractivity contribution in [1.82, 2.24) is 4.98 Å². The molecule has 0 atom stereocenters. The van der Waals surface area contributed by atoms with Gasteiger partial charge in [0, 0.05) is 6.20 Å². The van der Waals surface area contributed by atoms with Crippen molar-refractivity contribution in [3.8, 4) is 11.5 Å². The maximum absolute atomic E-state index is 12.4. The molecule has 0 radical (unpaired) electrons. The zero-order valence-electron chi connectivity index (χ0n) is 15.4. The number of aromatic nitrogens is 1. The van der Waals surface area contributed by atoms with Crippen molar-refractivity contribution in [3.63, 3.8) is 0 Å². The number of ether oxygens (including phenoxy) is 2. The Hall–Kier alpha value is -3.54. The number of hydrogen-bond acceptors (Lipinski definition) is 5. The van der Waals surface area contributed by atoms with E-state index in [-0.39, 0.29) is 5.91 Å². The van der Waals surface area contributed by atoms with Gasteiger partial charge in [0.15, 0.2) is 0 Å². The van der Waals surface area contributed by atoms with Crippen LogP contribution >= 0.6 is 0 Å². The van der Waals surface area contributed by atoms with Gasteiger partial charge in [-0.25, -0.2) is 4.98 Å². The van der Waals surface area contributed by atoms with Crippen LogP contribution in [0.1, 0.15) is 15.9 Å². The van der Waals surface area contributed by atoms with Gasteiger partial charge in [-0.15, -0.1) is 0 Å². The van der Waals surface area contributed by atoms with Gasteiger partial charge in [0.25, 0.3) is 5.91 Å². The lowest BCUT2D eigenvalue weighted by molar-refractivity contribution is 0.102. The van der Waals surface area contributed by atoms with E-state index in [1.54, 1.807) is 38.5 Å². The second-order valence-electron chi connectivity index (χ2n) is 5.92. The van der Waals surface area contributed by atoms with Crippen LogP contribution in [0.4, 0.5) is 17.2 Å². The summed E-state index contributed by atoms with van der Waals surface area (Å²) in [6.07, 6.45) is 1.52. The van der Waals surface area contributed by atoms with E-state index in [0.717, 1.165) is 17.0 Å². The van der Waals surface area contributed by atoms with Crippen molar-refractivity contribution in [2.45, 2.75) is 6.92 Å². The molecule has 27 heavy (non-hydrogen) atoms. The van der Waals surface area contributed by atoms with Crippen LogP contribution in [-0.2, 0) is 0 Å². The van der Waals surface area contributed by atoms with Gasteiger partial charge in [-0.3, -0.25) is 4.79 Å². The molecule has 0 fully saturated rings. The second-order valence-corrected chi connectivity index (χ2v) is 5.92. The van der Waals surface area contributed by atoms with E-state index in [2.05, 4.69) is 15.6 Å². The maximum atomic E-state index is 12.4. The minimum absolute atomic E-state index is 0.258. The van der Waals surface area contributed by atoms with E-state index in [4.69, 9.17) is 9.47 Å². The molecule has 0 aliphatic rings. The Bertz CT molecular complexity index is 940. The summed E-state index contributed by atoms with van der Waals surface area (Å²) in [5.41, 5.74) is 2.97. The zero-order chi connectivity index (χ0) is 19.2. The number of amides is 1. The largest absolute Gasteiger partial charge is 0.495 e. The molecule has 0 saturated heterocycles. The number of methoxy groups -OCH3 is 2. The highest BCUT2D eigenvalue weighted by molar-refractivity contribution is 6.04. The summed E-state index contributed by atoms with van der Waals surface area (Å²) in [5, 5.41) is 6.04. The number of rotatable bonds is 6. The van der Waals surface area contributed by atoms with Crippen LogP contribution in [0, 0.1) is 6.92 Å². The fourth-order valence-electron chi connectivity index (χ4n) is 2.60. The number of benzene rings is 2. The van der Waals surface area contributed by atoms with Crippen LogP contribution in [0.15, 0.2) is 60.8 Å². The molecule has 2 N–H and O–H groups in total. The number of carbonyl (C=O) groups is 1. The number of aryl methyl sites for hydroxylation is 1. The highest BCUT2D eigenvalue weighted by Gasteiger charge is 2.10. The van der Waals surface area contributed by atoms with E-state index >= 15 is 0 Å². The first-order valence-corrected chi connectivity index (χ1v) is 8.43. The van der Waals surface area contributed by atoms with Crippen LogP contribution in [0.3, 0.4) is 0 Å². The molecule has 0 unspecified atom stereocenters. The average Bonchev–Trinajstić information content (AvgIpc) is 2.69. The minimum atomic E-state index is -0.258. The lowest BCUT2D eigenvalue weighted by Crippen LogP contribution is -2.13. The third-order valence-electron chi connectivity index (χ3n) is 4.00. The summed E-state index contributed by atoms with van der Waals surface area (Å²) in [7, 11) is 3.18. The Morgan fingerprint density at radius 3 is 2.37 bits per heavy atom. The Balaban J connectivity index is 1.73. The highest BCUT2D eigenvalue weighted by atomic mass is 16.5. The number of hydrogen-bond donors (Lipinski definition) is 2. The van der Waals surface area contributed by atoms with Crippen LogP contribution in [0.2, 0.25) is 0 Å². The smallest absolute Gasteiger partial charge is 0.257 e. The van der Waals surface area contributed by atoms with Gasteiger partial charge < -0.3 is 20.1 Å². The fourth-order valence-corrected chi connectivity index (χ4v) is 2.60. The molecular formula is C21H21N3O3. The van der Waals surface area contributed by atoms with Crippen molar-refractivity contribution in [2.75, 3.05) is 24.9 Å². The third-order valence-corrected chi connectivity index (χ3v) is 4.00. The number of nitrogens with zero attached hydrogens (tertiary/aromatic N) is 1. The molecule has 0 spiro atoms. The van der Waals surface area contributed by atoms with Gasteiger partial charge in [-0.1, -0.05) is 18.2 Å². The molecule has 0 bridgehead atoms. The highest BCUT2D eigenvalue weighted by Crippen LogP contribution is 2.28. The van der Waals surface area contributed by atoms with E-state index in [0.29, 0.717) is 22.8 Å². The van der Waals surface area contributed by atoms with Gasteiger partial charge >= 0.3 is 0 Å². The van der Waals surface area contributed by atoms with Gasteiger partial charge in [0.2, 0.25) is 0 Å². The van der Waals surface area contributed by atoms with Gasteiger partial charge in [-0.05, 0) is 48.9 Å². The number of nitrogens with one attached hydrogen (secondary N) is 2. The molecule has 1 aromatic heterocycles. The Morgan fingerprint density at radius 1 is 0.926 bits per heavy atom. The summed E-state index contributed by atoms with van der Waals surface area (Å²) < 4.78 is 10.6. The normalized spacial score (nSPS) is 10.2. The molecule has 6 nitrogen and oxygen atoms in total. The first kappa shape index (κ1) is 18.3. The van der Waals surface area contributed by atoms with Crippen molar-refractivity contribution in [2.24, 2.45) is 0 Å². The summed E-state index contributed by atoms with van der Waals surface area (Å²) >= 11 is 0. The monoisotopic (exact) mass is 363 g/mol. The second kappa shape index (κ2) is 8.23. The average molecular weight is 363 g/mol. The number of carbonyl (C=O) groups excluding carboxylic acids is 1. The topological polar surface area (TPSA) is 72.5 Å². The number of pyridine rings is 1. The summed E-state index contributed by atoms with van der Waals surface area (Å²) in [6, 6.07) is 16.6. The molecule has 138 valence electrons. The van der Waals surface area contributed by atoms with Crippen LogP contribution in [0.5, 0.6) is 11.5 Å². The standard InChI is InChI=1S/C21H21N3O3/c1-14-8-10-19(27-3)17(12-14)23-20-11-9-15(13-22-20)21(25)24-16-6-4-5-7-18(16)26-2/h4-13H,1-3H3,(H,22,23)(H,24,25). The summed E-state index contributed by atoms with van der Waals surface area (Å²) in [4.78, 5) is 16.8. The van der Waals surface area contributed by atoms with Crippen molar-refractivity contribution >= 4 is 23.1 Å². The quantitative estimate of drug-likeness (QED) is 0.679. The molecule has 3 aromatic rings. The molecule has 2 aromatic carbocycles. The predicted molar refractivity (Wildman–Crippen MR) is 106 cm³/mol. The van der Waals surface area contributed by atoms with Crippen LogP contribution < -0.4 is 20.1 Å². The number of anilines is 3. The summed E-state index contributed by atoms with van der Waals surface area (Å²) in [5.74, 6) is 1.68. The van der Waals surface area contributed by atoms with E-state index in [9.17, 15) is 4.79 Å². The van der Waals surface area contributed by atoms with Crippen LogP contribution in [-0.4, -0.2) is 25.1 Å². The minimum Gasteiger partial charge on any atom is -0.495 e. The SMILES string of the molecule is COc1ccccc1NC(=O)c1ccc(Nc2cc(C)ccc2OC)nc1. The van der Waals surface area contributed by atoms with Crippen LogP contribution in [0.25, 0.3) is 0 Å². The maximum Gasteiger partial charge on any atom is 0.257 e. The van der Waals surface area contributed by atoms with Crippen molar-refractivity contribution in [3.05, 3.63) is 71.9 Å². The molecule has 6 heteroatoms.